The Morgan fingerprint density at radius 2 is 1.92 bits per heavy atom. The second kappa shape index (κ2) is 6.18. The van der Waals surface area contributed by atoms with Gasteiger partial charge in [0.25, 0.3) is 0 Å². The molecule has 0 amide bonds. The van der Waals surface area contributed by atoms with E-state index in [0.29, 0.717) is 17.6 Å². The van der Waals surface area contributed by atoms with E-state index in [1.165, 1.54) is 0 Å². The molecule has 12 heavy (non-hydrogen) atoms. The van der Waals surface area contributed by atoms with Crippen molar-refractivity contribution in [2.75, 3.05) is 6.54 Å². The molecule has 0 saturated carbocycles. The average Bonchev–Trinajstić information content (AvgIpc) is 1.84. The minimum Gasteiger partial charge on any atom is -0.330 e. The fourth-order valence-electron chi connectivity index (χ4n) is 1.66. The summed E-state index contributed by atoms with van der Waals surface area (Å²) >= 11 is 0. The van der Waals surface area contributed by atoms with Crippen LogP contribution in [0.4, 0.5) is 0 Å². The molecule has 0 aliphatic heterocycles. The van der Waals surface area contributed by atoms with Crippen LogP contribution in [-0.2, 0) is 4.79 Å². The lowest BCUT2D eigenvalue weighted by Gasteiger charge is -2.14. The normalized spacial score (nSPS) is 15.7. The molecule has 0 unspecified atom stereocenters. The van der Waals surface area contributed by atoms with Gasteiger partial charge in [-0.25, -0.2) is 0 Å². The minimum absolute atomic E-state index is 0.294. The van der Waals surface area contributed by atoms with Crippen molar-refractivity contribution >= 4 is 5.78 Å². The van der Waals surface area contributed by atoms with E-state index in [-0.39, 0.29) is 0 Å². The first kappa shape index (κ1) is 11.6. The van der Waals surface area contributed by atoms with E-state index >= 15 is 0 Å². The highest BCUT2D eigenvalue weighted by molar-refractivity contribution is 5.75. The Hall–Kier alpha value is -0.370. The van der Waals surface area contributed by atoms with Crippen molar-refractivity contribution in [2.24, 2.45) is 17.6 Å². The molecular formula is C10H21NO. The second-order valence-electron chi connectivity index (χ2n) is 3.93. The highest BCUT2D eigenvalue weighted by atomic mass is 16.1. The predicted octanol–water partition coefficient (Wildman–Crippen LogP) is 1.98. The second-order valence-corrected chi connectivity index (χ2v) is 3.93. The summed E-state index contributed by atoms with van der Waals surface area (Å²) in [5, 5.41) is 0. The van der Waals surface area contributed by atoms with Crippen molar-refractivity contribution in [1.29, 1.82) is 0 Å². The maximum Gasteiger partial charge on any atom is 0.130 e. The summed E-state index contributed by atoms with van der Waals surface area (Å²) in [5.41, 5.74) is 5.44. The lowest BCUT2D eigenvalue weighted by molar-refractivity contribution is -0.117. The Labute approximate surface area is 75.5 Å². The molecule has 0 spiro atoms. The highest BCUT2D eigenvalue weighted by Crippen LogP contribution is 2.17. The lowest BCUT2D eigenvalue weighted by atomic mass is 9.91. The van der Waals surface area contributed by atoms with E-state index in [1.807, 2.05) is 0 Å². The van der Waals surface area contributed by atoms with Crippen molar-refractivity contribution in [1.82, 2.24) is 0 Å². The van der Waals surface area contributed by atoms with Gasteiger partial charge >= 0.3 is 0 Å². The Morgan fingerprint density at radius 1 is 1.33 bits per heavy atom. The van der Waals surface area contributed by atoms with Crippen LogP contribution in [-0.4, -0.2) is 12.3 Å². The first-order valence-corrected chi connectivity index (χ1v) is 4.75. The number of hydrogen-bond donors (Lipinski definition) is 1. The zero-order valence-corrected chi connectivity index (χ0v) is 8.47. The Kier molecular flexibility index (Phi) is 5.99. The van der Waals surface area contributed by atoms with Gasteiger partial charge in [-0.15, -0.1) is 0 Å². The zero-order valence-electron chi connectivity index (χ0n) is 8.47. The average molecular weight is 171 g/mol. The third kappa shape index (κ3) is 6.35. The molecule has 0 radical (unpaired) electrons. The van der Waals surface area contributed by atoms with Gasteiger partial charge in [0, 0.05) is 6.42 Å². The predicted molar refractivity (Wildman–Crippen MR) is 51.9 cm³/mol. The van der Waals surface area contributed by atoms with Crippen LogP contribution < -0.4 is 5.73 Å². The molecule has 0 aliphatic carbocycles. The first-order valence-electron chi connectivity index (χ1n) is 4.75. The van der Waals surface area contributed by atoms with Crippen molar-refractivity contribution in [3.05, 3.63) is 0 Å². The highest BCUT2D eigenvalue weighted by Gasteiger charge is 2.09. The molecule has 0 heterocycles. The lowest BCUT2D eigenvalue weighted by Crippen LogP contribution is -2.11. The van der Waals surface area contributed by atoms with Gasteiger partial charge in [0.2, 0.25) is 0 Å². The van der Waals surface area contributed by atoms with E-state index in [2.05, 4.69) is 13.8 Å². The fraction of sp³-hybridized carbons (Fsp3) is 0.900. The van der Waals surface area contributed by atoms with E-state index in [9.17, 15) is 4.79 Å². The quantitative estimate of drug-likeness (QED) is 0.664. The summed E-state index contributed by atoms with van der Waals surface area (Å²) in [5.74, 6) is 1.47. The first-order chi connectivity index (χ1) is 5.56. The molecule has 0 aromatic heterocycles. The van der Waals surface area contributed by atoms with Gasteiger partial charge in [0.1, 0.15) is 5.78 Å². The van der Waals surface area contributed by atoms with Gasteiger partial charge in [-0.2, -0.15) is 0 Å². The van der Waals surface area contributed by atoms with E-state index in [0.717, 1.165) is 25.8 Å². The number of rotatable bonds is 6. The molecule has 0 aromatic carbocycles. The van der Waals surface area contributed by atoms with Crippen LogP contribution in [0.15, 0.2) is 0 Å². The largest absolute Gasteiger partial charge is 0.330 e. The number of hydrogen-bond acceptors (Lipinski definition) is 2. The maximum atomic E-state index is 10.8. The molecule has 2 atom stereocenters. The molecule has 2 N–H and O–H groups in total. The summed E-state index contributed by atoms with van der Waals surface area (Å²) in [6.45, 7) is 6.75. The zero-order chi connectivity index (χ0) is 9.56. The van der Waals surface area contributed by atoms with Crippen molar-refractivity contribution < 1.29 is 4.79 Å². The van der Waals surface area contributed by atoms with Gasteiger partial charge in [-0.1, -0.05) is 13.8 Å². The molecule has 2 heteroatoms. The fourth-order valence-corrected chi connectivity index (χ4v) is 1.66. The van der Waals surface area contributed by atoms with Crippen LogP contribution in [0.3, 0.4) is 0 Å². The number of Topliss-reactive ketones (excluding diaryl/α,β-unsaturated/α-hetero) is 1. The molecule has 0 rings (SSSR count). The van der Waals surface area contributed by atoms with E-state index in [4.69, 9.17) is 5.73 Å². The standard InChI is InChI=1S/C10H21NO/c1-8(4-5-11)6-9(2)7-10(3)12/h8-9H,4-7,11H2,1-3H3/t8-,9-/m1/s1. The monoisotopic (exact) mass is 171 g/mol. The van der Waals surface area contributed by atoms with Crippen LogP contribution in [0.2, 0.25) is 0 Å². The summed E-state index contributed by atoms with van der Waals surface area (Å²) < 4.78 is 0. The molecule has 0 saturated heterocycles. The Bertz CT molecular complexity index is 134. The summed E-state index contributed by atoms with van der Waals surface area (Å²) in [6, 6.07) is 0. The van der Waals surface area contributed by atoms with E-state index in [1.54, 1.807) is 6.92 Å². The van der Waals surface area contributed by atoms with Crippen LogP contribution in [0.1, 0.15) is 40.0 Å². The molecule has 72 valence electrons. The maximum absolute atomic E-state index is 10.8. The smallest absolute Gasteiger partial charge is 0.130 e. The number of ketones is 1. The van der Waals surface area contributed by atoms with Crippen molar-refractivity contribution in [3.8, 4) is 0 Å². The van der Waals surface area contributed by atoms with Crippen molar-refractivity contribution in [2.45, 2.75) is 40.0 Å². The van der Waals surface area contributed by atoms with Crippen molar-refractivity contribution in [3.63, 3.8) is 0 Å². The topological polar surface area (TPSA) is 43.1 Å². The molecule has 2 nitrogen and oxygen atoms in total. The summed E-state index contributed by atoms with van der Waals surface area (Å²) in [6.07, 6.45) is 2.91. The van der Waals surface area contributed by atoms with Crippen LogP contribution in [0, 0.1) is 11.8 Å². The molecule has 0 aliphatic rings. The molecule has 0 bridgehead atoms. The minimum atomic E-state index is 0.294. The number of carbonyl (C=O) groups is 1. The third-order valence-corrected chi connectivity index (χ3v) is 2.10. The summed E-state index contributed by atoms with van der Waals surface area (Å²) in [4.78, 5) is 10.8. The molecular weight excluding hydrogens is 150 g/mol. The number of nitrogens with two attached hydrogens (primary N) is 1. The van der Waals surface area contributed by atoms with Gasteiger partial charge < -0.3 is 10.5 Å². The molecule has 0 aromatic rings. The van der Waals surface area contributed by atoms with Crippen LogP contribution in [0.25, 0.3) is 0 Å². The third-order valence-electron chi connectivity index (χ3n) is 2.10. The Balaban J connectivity index is 3.53. The van der Waals surface area contributed by atoms with Gasteiger partial charge in [0.05, 0.1) is 0 Å². The summed E-state index contributed by atoms with van der Waals surface area (Å²) in [7, 11) is 0. The SMILES string of the molecule is CC(=O)C[C@H](C)C[C@H](C)CCN. The van der Waals surface area contributed by atoms with Crippen LogP contribution >= 0.6 is 0 Å². The van der Waals surface area contributed by atoms with Gasteiger partial charge in [-0.05, 0) is 38.1 Å². The van der Waals surface area contributed by atoms with E-state index < -0.39 is 0 Å². The van der Waals surface area contributed by atoms with Crippen LogP contribution in [0.5, 0.6) is 0 Å². The van der Waals surface area contributed by atoms with Gasteiger partial charge in [0.15, 0.2) is 0 Å². The van der Waals surface area contributed by atoms with Gasteiger partial charge in [-0.3, -0.25) is 0 Å². The Morgan fingerprint density at radius 3 is 2.33 bits per heavy atom. The number of carbonyl (C=O) groups excluding carboxylic acids is 1. The molecule has 0 fully saturated rings.